The fourth-order valence-corrected chi connectivity index (χ4v) is 2.39. The number of halogens is 3. The van der Waals surface area contributed by atoms with E-state index in [2.05, 4.69) is 20.6 Å². The highest BCUT2D eigenvalue weighted by atomic mass is 35.5. The van der Waals surface area contributed by atoms with Crippen LogP contribution in [0, 0.1) is 0 Å². The van der Waals surface area contributed by atoms with E-state index in [1.807, 2.05) is 6.07 Å². The Bertz CT molecular complexity index is 793. The molecule has 1 heterocycles. The van der Waals surface area contributed by atoms with E-state index in [1.54, 1.807) is 30.3 Å². The van der Waals surface area contributed by atoms with Crippen LogP contribution in [0.5, 0.6) is 5.75 Å². The number of hydrogen-bond acceptors (Lipinski definition) is 4. The van der Waals surface area contributed by atoms with Gasteiger partial charge in [0.05, 0.1) is 15.1 Å². The lowest BCUT2D eigenvalue weighted by Crippen LogP contribution is -1.96. The Labute approximate surface area is 141 Å². The topological polar surface area (TPSA) is 63.7 Å². The van der Waals surface area contributed by atoms with Gasteiger partial charge < -0.3 is 4.74 Å². The van der Waals surface area contributed by atoms with Crippen LogP contribution in [0.1, 0.15) is 5.56 Å². The summed E-state index contributed by atoms with van der Waals surface area (Å²) in [7, 11) is 0. The second-order valence-corrected chi connectivity index (χ2v) is 5.64. The van der Waals surface area contributed by atoms with Crippen molar-refractivity contribution in [2.24, 2.45) is 0 Å². The summed E-state index contributed by atoms with van der Waals surface area (Å²) in [6.07, 6.45) is 0. The predicted molar refractivity (Wildman–Crippen MR) is 85.4 cm³/mol. The zero-order valence-electron chi connectivity index (χ0n) is 11.1. The molecule has 0 atom stereocenters. The van der Waals surface area contributed by atoms with E-state index >= 15 is 0 Å². The molecule has 1 aromatic heterocycles. The van der Waals surface area contributed by atoms with E-state index in [1.165, 1.54) is 0 Å². The van der Waals surface area contributed by atoms with Gasteiger partial charge in [0, 0.05) is 5.56 Å². The second kappa shape index (κ2) is 6.52. The zero-order chi connectivity index (χ0) is 15.5. The molecule has 1 N–H and O–H groups in total. The van der Waals surface area contributed by atoms with Crippen LogP contribution in [-0.2, 0) is 6.61 Å². The van der Waals surface area contributed by atoms with Gasteiger partial charge in [0.25, 0.3) is 0 Å². The highest BCUT2D eigenvalue weighted by Crippen LogP contribution is 2.30. The summed E-state index contributed by atoms with van der Waals surface area (Å²) in [5, 5.41) is 15.1. The summed E-state index contributed by atoms with van der Waals surface area (Å²) in [6, 6.07) is 10.6. The van der Waals surface area contributed by atoms with Crippen molar-refractivity contribution in [3.63, 3.8) is 0 Å². The lowest BCUT2D eigenvalue weighted by molar-refractivity contribution is 0.306. The van der Waals surface area contributed by atoms with Crippen molar-refractivity contribution in [2.45, 2.75) is 6.61 Å². The number of ether oxygens (including phenoxy) is 1. The molecule has 0 aliphatic heterocycles. The van der Waals surface area contributed by atoms with Crippen LogP contribution in [0.25, 0.3) is 11.4 Å². The molecule has 0 bridgehead atoms. The molecule has 0 amide bonds. The van der Waals surface area contributed by atoms with Gasteiger partial charge in [-0.1, -0.05) is 40.9 Å². The van der Waals surface area contributed by atoms with Gasteiger partial charge in [0.1, 0.15) is 12.4 Å². The van der Waals surface area contributed by atoms with E-state index in [9.17, 15) is 0 Å². The third-order valence-corrected chi connectivity index (χ3v) is 3.95. The molecule has 0 spiro atoms. The van der Waals surface area contributed by atoms with E-state index in [0.29, 0.717) is 33.2 Å². The lowest BCUT2D eigenvalue weighted by Gasteiger charge is -2.09. The van der Waals surface area contributed by atoms with Crippen molar-refractivity contribution >= 4 is 34.8 Å². The average Bonchev–Trinajstić information content (AvgIpc) is 3.04. The molecule has 2 aromatic carbocycles. The van der Waals surface area contributed by atoms with Gasteiger partial charge in [-0.25, -0.2) is 0 Å². The smallest absolute Gasteiger partial charge is 0.204 e. The first-order chi connectivity index (χ1) is 10.6. The summed E-state index contributed by atoms with van der Waals surface area (Å²) in [6.45, 7) is 0.332. The molecule has 3 aromatic rings. The van der Waals surface area contributed by atoms with Crippen LogP contribution < -0.4 is 4.74 Å². The highest BCUT2D eigenvalue weighted by Gasteiger charge is 2.08. The van der Waals surface area contributed by atoms with Crippen LogP contribution in [0.15, 0.2) is 36.4 Å². The molecule has 22 heavy (non-hydrogen) atoms. The molecule has 0 unspecified atom stereocenters. The largest absolute Gasteiger partial charge is 0.487 e. The van der Waals surface area contributed by atoms with Crippen LogP contribution >= 0.6 is 34.8 Å². The van der Waals surface area contributed by atoms with E-state index < -0.39 is 0 Å². The number of tetrazole rings is 1. The Kier molecular flexibility index (Phi) is 4.47. The number of aromatic nitrogens is 4. The van der Waals surface area contributed by atoms with Crippen LogP contribution in [0.3, 0.4) is 0 Å². The number of rotatable bonds is 4. The van der Waals surface area contributed by atoms with Crippen LogP contribution in [0.2, 0.25) is 15.1 Å². The highest BCUT2D eigenvalue weighted by molar-refractivity contribution is 6.42. The zero-order valence-corrected chi connectivity index (χ0v) is 13.3. The molecule has 0 saturated carbocycles. The lowest BCUT2D eigenvalue weighted by atomic mass is 10.2. The van der Waals surface area contributed by atoms with Gasteiger partial charge in [0.15, 0.2) is 0 Å². The second-order valence-electron chi connectivity index (χ2n) is 4.42. The molecule has 0 aliphatic carbocycles. The Morgan fingerprint density at radius 2 is 1.82 bits per heavy atom. The number of nitrogens with zero attached hydrogens (tertiary/aromatic N) is 3. The summed E-state index contributed by atoms with van der Waals surface area (Å²) < 4.78 is 5.69. The Morgan fingerprint density at radius 3 is 2.50 bits per heavy atom. The maximum absolute atomic E-state index is 6.21. The minimum absolute atomic E-state index is 0.332. The van der Waals surface area contributed by atoms with E-state index in [-0.39, 0.29) is 0 Å². The minimum Gasteiger partial charge on any atom is -0.487 e. The summed E-state index contributed by atoms with van der Waals surface area (Å²) in [4.78, 5) is 0. The minimum atomic E-state index is 0.332. The molecule has 0 saturated heterocycles. The van der Waals surface area contributed by atoms with Gasteiger partial charge in [-0.05, 0) is 41.1 Å². The number of H-pyrrole nitrogens is 1. The fourth-order valence-electron chi connectivity index (χ4n) is 1.83. The van der Waals surface area contributed by atoms with Crippen LogP contribution in [0.4, 0.5) is 0 Å². The standard InChI is InChI=1S/C14H9Cl3N4O/c15-10-3-1-8(5-11(10)16)7-22-13-4-2-9(6-12(13)17)14-18-20-21-19-14/h1-6H,7H2,(H,18,19,20,21). The molecule has 5 nitrogen and oxygen atoms in total. The van der Waals surface area contributed by atoms with Crippen molar-refractivity contribution in [3.8, 4) is 17.1 Å². The van der Waals surface area contributed by atoms with Gasteiger partial charge in [-0.3, -0.25) is 0 Å². The fraction of sp³-hybridized carbons (Fsp3) is 0.0714. The van der Waals surface area contributed by atoms with E-state index in [0.717, 1.165) is 11.1 Å². The first kappa shape index (κ1) is 15.1. The number of hydrogen-bond donors (Lipinski definition) is 1. The maximum atomic E-state index is 6.21. The first-order valence-electron chi connectivity index (χ1n) is 6.23. The van der Waals surface area contributed by atoms with Crippen molar-refractivity contribution in [3.05, 3.63) is 57.0 Å². The molecule has 112 valence electrons. The van der Waals surface area contributed by atoms with E-state index in [4.69, 9.17) is 39.5 Å². The number of nitrogens with one attached hydrogen (secondary N) is 1. The van der Waals surface area contributed by atoms with Gasteiger partial charge in [-0.2, -0.15) is 5.21 Å². The van der Waals surface area contributed by atoms with Gasteiger partial charge in [-0.15, -0.1) is 10.2 Å². The molecule has 0 fully saturated rings. The molecule has 8 heteroatoms. The predicted octanol–water partition coefficient (Wildman–Crippen LogP) is 4.41. The molecule has 3 rings (SSSR count). The van der Waals surface area contributed by atoms with Crippen molar-refractivity contribution < 1.29 is 4.74 Å². The number of benzene rings is 2. The van der Waals surface area contributed by atoms with Crippen molar-refractivity contribution in [1.82, 2.24) is 20.6 Å². The van der Waals surface area contributed by atoms with Crippen LogP contribution in [-0.4, -0.2) is 20.6 Å². The third kappa shape index (κ3) is 3.32. The molecule has 0 aliphatic rings. The number of aromatic amines is 1. The van der Waals surface area contributed by atoms with Crippen molar-refractivity contribution in [2.75, 3.05) is 0 Å². The molecular weight excluding hydrogens is 347 g/mol. The molecular formula is C14H9Cl3N4O. The Hall–Kier alpha value is -1.82. The quantitative estimate of drug-likeness (QED) is 0.753. The van der Waals surface area contributed by atoms with Gasteiger partial charge in [0.2, 0.25) is 5.82 Å². The normalized spacial score (nSPS) is 10.7. The summed E-state index contributed by atoms with van der Waals surface area (Å²) >= 11 is 18.1. The first-order valence-corrected chi connectivity index (χ1v) is 7.37. The van der Waals surface area contributed by atoms with Gasteiger partial charge >= 0.3 is 0 Å². The monoisotopic (exact) mass is 354 g/mol. The average molecular weight is 356 g/mol. The molecule has 0 radical (unpaired) electrons. The summed E-state index contributed by atoms with van der Waals surface area (Å²) in [5.41, 5.74) is 1.65. The maximum Gasteiger partial charge on any atom is 0.204 e. The SMILES string of the molecule is Clc1ccc(COc2ccc(-c3nn[nH]n3)cc2Cl)cc1Cl. The Morgan fingerprint density at radius 1 is 0.955 bits per heavy atom. The Balaban J connectivity index is 1.74. The van der Waals surface area contributed by atoms with Crippen molar-refractivity contribution in [1.29, 1.82) is 0 Å². The summed E-state index contributed by atoms with van der Waals surface area (Å²) in [5.74, 6) is 1.03. The third-order valence-electron chi connectivity index (χ3n) is 2.91.